The van der Waals surface area contributed by atoms with Gasteiger partial charge < -0.3 is 10.8 Å². The molecule has 0 saturated carbocycles. The number of hydrogen-bond donors (Lipinski definition) is 2. The van der Waals surface area contributed by atoms with Crippen molar-refractivity contribution in [1.82, 2.24) is 14.3 Å². The highest BCUT2D eigenvalue weighted by Gasteiger charge is 2.27. The first-order valence-electron chi connectivity index (χ1n) is 5.60. The molecule has 0 aliphatic carbocycles. The lowest BCUT2D eigenvalue weighted by Gasteiger charge is -2.25. The fourth-order valence-corrected chi connectivity index (χ4v) is 3.04. The van der Waals surface area contributed by atoms with Gasteiger partial charge in [-0.05, 0) is 20.3 Å². The van der Waals surface area contributed by atoms with Gasteiger partial charge in [0.05, 0.1) is 12.4 Å². The summed E-state index contributed by atoms with van der Waals surface area (Å²) < 4.78 is 25.9. The lowest BCUT2D eigenvalue weighted by atomic mass is 10.3. The van der Waals surface area contributed by atoms with E-state index in [1.165, 1.54) is 16.7 Å². The fourth-order valence-electron chi connectivity index (χ4n) is 1.48. The van der Waals surface area contributed by atoms with Crippen molar-refractivity contribution in [2.75, 3.05) is 18.9 Å². The molecule has 1 heterocycles. The molecule has 0 saturated heterocycles. The van der Waals surface area contributed by atoms with E-state index in [0.29, 0.717) is 6.42 Å². The van der Waals surface area contributed by atoms with E-state index in [1.807, 2.05) is 0 Å². The lowest BCUT2D eigenvalue weighted by Crippen LogP contribution is -2.38. The molecule has 0 amide bonds. The minimum absolute atomic E-state index is 0.00309. The summed E-state index contributed by atoms with van der Waals surface area (Å²) in [5.41, 5.74) is 5.32. The van der Waals surface area contributed by atoms with Gasteiger partial charge in [0.1, 0.15) is 4.90 Å². The molecule has 0 unspecified atom stereocenters. The second-order valence-electron chi connectivity index (χ2n) is 4.06. The molecule has 1 rings (SSSR count). The average Bonchev–Trinajstić information content (AvgIpc) is 2.29. The molecule has 102 valence electrons. The zero-order chi connectivity index (χ0) is 13.8. The third kappa shape index (κ3) is 3.37. The molecule has 18 heavy (non-hydrogen) atoms. The Kier molecular flexibility index (Phi) is 5.00. The second-order valence-corrected chi connectivity index (χ2v) is 5.95. The molecule has 0 aliphatic heterocycles. The van der Waals surface area contributed by atoms with E-state index >= 15 is 0 Å². The fraction of sp³-hybridized carbons (Fsp3) is 0.600. The van der Waals surface area contributed by atoms with Crippen molar-refractivity contribution in [3.8, 4) is 0 Å². The van der Waals surface area contributed by atoms with Gasteiger partial charge in [-0.2, -0.15) is 4.31 Å². The smallest absolute Gasteiger partial charge is 0.246 e. The minimum atomic E-state index is -3.65. The number of rotatable bonds is 6. The first-order valence-corrected chi connectivity index (χ1v) is 7.04. The first kappa shape index (κ1) is 14.8. The molecule has 0 atom stereocenters. The summed E-state index contributed by atoms with van der Waals surface area (Å²) in [5.74, 6) is 0.0282. The van der Waals surface area contributed by atoms with Crippen LogP contribution < -0.4 is 5.73 Å². The van der Waals surface area contributed by atoms with Crippen LogP contribution in [0.2, 0.25) is 0 Å². The van der Waals surface area contributed by atoms with Crippen LogP contribution in [0, 0.1) is 0 Å². The minimum Gasteiger partial charge on any atom is -0.396 e. The summed E-state index contributed by atoms with van der Waals surface area (Å²) in [7, 11) is -3.65. The second kappa shape index (κ2) is 6.07. The zero-order valence-electron chi connectivity index (χ0n) is 10.4. The number of hydrogen-bond acceptors (Lipinski definition) is 6. The van der Waals surface area contributed by atoms with E-state index in [-0.39, 0.29) is 30.0 Å². The van der Waals surface area contributed by atoms with Crippen LogP contribution in [0.3, 0.4) is 0 Å². The highest BCUT2D eigenvalue weighted by Crippen LogP contribution is 2.17. The predicted molar refractivity (Wildman–Crippen MR) is 67.2 cm³/mol. The topological polar surface area (TPSA) is 109 Å². The van der Waals surface area contributed by atoms with Crippen molar-refractivity contribution in [2.24, 2.45) is 0 Å². The number of anilines is 1. The lowest BCUT2D eigenvalue weighted by molar-refractivity contribution is 0.258. The molecule has 0 radical (unpaired) electrons. The van der Waals surface area contributed by atoms with E-state index in [1.54, 1.807) is 13.8 Å². The standard InChI is InChI=1S/C10H18N4O3S/c1-8(2)14(4-3-5-15)18(16,17)9-6-12-10(11)13-7-9/h6-8,15H,3-5H2,1-2H3,(H2,11,12,13). The largest absolute Gasteiger partial charge is 0.396 e. The van der Waals surface area contributed by atoms with E-state index < -0.39 is 10.0 Å². The number of aromatic nitrogens is 2. The van der Waals surface area contributed by atoms with E-state index in [0.717, 1.165) is 0 Å². The Morgan fingerprint density at radius 2 is 1.94 bits per heavy atom. The van der Waals surface area contributed by atoms with Crippen LogP contribution in [0.25, 0.3) is 0 Å². The van der Waals surface area contributed by atoms with Gasteiger partial charge in [-0.25, -0.2) is 18.4 Å². The number of sulfonamides is 1. The van der Waals surface area contributed by atoms with Crippen LogP contribution in [0.4, 0.5) is 5.95 Å². The Hall–Kier alpha value is -1.25. The molecule has 0 fully saturated rings. The summed E-state index contributed by atoms with van der Waals surface area (Å²) in [5, 5.41) is 8.81. The van der Waals surface area contributed by atoms with Gasteiger partial charge in [-0.1, -0.05) is 0 Å². The summed E-state index contributed by atoms with van der Waals surface area (Å²) in [6.45, 7) is 3.73. The maximum Gasteiger partial charge on any atom is 0.246 e. The van der Waals surface area contributed by atoms with Gasteiger partial charge in [0.15, 0.2) is 0 Å². The predicted octanol–water partition coefficient (Wildman–Crippen LogP) is -0.160. The Morgan fingerprint density at radius 3 is 2.39 bits per heavy atom. The molecule has 7 nitrogen and oxygen atoms in total. The van der Waals surface area contributed by atoms with Crippen LogP contribution in [0.15, 0.2) is 17.3 Å². The number of nitrogens with two attached hydrogens (primary N) is 1. The molecular formula is C10H18N4O3S. The maximum absolute atomic E-state index is 12.3. The Bertz CT molecular complexity index is 472. The SMILES string of the molecule is CC(C)N(CCCO)S(=O)(=O)c1cnc(N)nc1. The Balaban J connectivity index is 3.05. The normalized spacial score (nSPS) is 12.3. The van der Waals surface area contributed by atoms with Gasteiger partial charge in [0.2, 0.25) is 16.0 Å². The van der Waals surface area contributed by atoms with Crippen molar-refractivity contribution >= 4 is 16.0 Å². The molecule has 0 bridgehead atoms. The van der Waals surface area contributed by atoms with Crippen LogP contribution in [0.5, 0.6) is 0 Å². The van der Waals surface area contributed by atoms with Crippen LogP contribution in [0.1, 0.15) is 20.3 Å². The Labute approximate surface area is 107 Å². The highest BCUT2D eigenvalue weighted by atomic mass is 32.2. The monoisotopic (exact) mass is 274 g/mol. The third-order valence-electron chi connectivity index (χ3n) is 2.37. The van der Waals surface area contributed by atoms with Crippen LogP contribution in [-0.2, 0) is 10.0 Å². The van der Waals surface area contributed by atoms with E-state index in [4.69, 9.17) is 10.8 Å². The summed E-state index contributed by atoms with van der Waals surface area (Å²) in [6.07, 6.45) is 2.76. The van der Waals surface area contributed by atoms with Gasteiger partial charge in [-0.15, -0.1) is 0 Å². The van der Waals surface area contributed by atoms with Crippen LogP contribution >= 0.6 is 0 Å². The van der Waals surface area contributed by atoms with Crippen LogP contribution in [-0.4, -0.2) is 47.0 Å². The van der Waals surface area contributed by atoms with Gasteiger partial charge in [-0.3, -0.25) is 0 Å². The number of aliphatic hydroxyl groups excluding tert-OH is 1. The van der Waals surface area contributed by atoms with Crippen molar-refractivity contribution in [3.63, 3.8) is 0 Å². The van der Waals surface area contributed by atoms with Crippen molar-refractivity contribution < 1.29 is 13.5 Å². The maximum atomic E-state index is 12.3. The first-order chi connectivity index (χ1) is 8.39. The number of nitrogen functional groups attached to an aromatic ring is 1. The molecule has 1 aromatic heterocycles. The highest BCUT2D eigenvalue weighted by molar-refractivity contribution is 7.89. The molecular weight excluding hydrogens is 256 g/mol. The average molecular weight is 274 g/mol. The third-order valence-corrected chi connectivity index (χ3v) is 4.40. The molecule has 0 spiro atoms. The summed E-state index contributed by atoms with van der Waals surface area (Å²) >= 11 is 0. The number of aliphatic hydroxyl groups is 1. The zero-order valence-corrected chi connectivity index (χ0v) is 11.3. The van der Waals surface area contributed by atoms with Crippen molar-refractivity contribution in [1.29, 1.82) is 0 Å². The quantitative estimate of drug-likeness (QED) is 0.746. The molecule has 8 heteroatoms. The van der Waals surface area contributed by atoms with Gasteiger partial charge in [0, 0.05) is 19.2 Å². The van der Waals surface area contributed by atoms with E-state index in [9.17, 15) is 8.42 Å². The van der Waals surface area contributed by atoms with Crippen molar-refractivity contribution in [2.45, 2.75) is 31.2 Å². The molecule has 3 N–H and O–H groups in total. The van der Waals surface area contributed by atoms with Gasteiger partial charge >= 0.3 is 0 Å². The summed E-state index contributed by atoms with van der Waals surface area (Å²) in [6, 6.07) is -0.209. The number of nitrogens with zero attached hydrogens (tertiary/aromatic N) is 3. The molecule has 0 aliphatic rings. The summed E-state index contributed by atoms with van der Waals surface area (Å²) in [4.78, 5) is 7.36. The molecule has 1 aromatic rings. The van der Waals surface area contributed by atoms with Gasteiger partial charge in [0.25, 0.3) is 0 Å². The van der Waals surface area contributed by atoms with E-state index in [2.05, 4.69) is 9.97 Å². The molecule has 0 aromatic carbocycles. The van der Waals surface area contributed by atoms with Crippen molar-refractivity contribution in [3.05, 3.63) is 12.4 Å². The Morgan fingerprint density at radius 1 is 1.39 bits per heavy atom.